The van der Waals surface area contributed by atoms with Gasteiger partial charge in [-0.05, 0) is 18.5 Å². The zero-order valence-corrected chi connectivity index (χ0v) is 12.9. The molecule has 1 aromatic carbocycles. The van der Waals surface area contributed by atoms with Gasteiger partial charge in [-0.15, -0.1) is 0 Å². The highest BCUT2D eigenvalue weighted by atomic mass is 35.5. The molecule has 1 aromatic heterocycles. The van der Waals surface area contributed by atoms with Crippen molar-refractivity contribution in [1.82, 2.24) is 15.1 Å². The maximum absolute atomic E-state index is 12.3. The molecule has 0 aliphatic heterocycles. The summed E-state index contributed by atoms with van der Waals surface area (Å²) in [5.41, 5.74) is 7.40. The Morgan fingerprint density at radius 2 is 2.19 bits per heavy atom. The van der Waals surface area contributed by atoms with Gasteiger partial charge in [-0.3, -0.25) is 9.48 Å². The van der Waals surface area contributed by atoms with Crippen molar-refractivity contribution in [3.05, 3.63) is 41.0 Å². The summed E-state index contributed by atoms with van der Waals surface area (Å²) in [5, 5.41) is 7.80. The lowest BCUT2D eigenvalue weighted by Gasteiger charge is -2.10. The summed E-state index contributed by atoms with van der Waals surface area (Å²) in [4.78, 5) is 12.3. The van der Waals surface area contributed by atoms with Crippen molar-refractivity contribution in [2.45, 2.75) is 6.92 Å². The van der Waals surface area contributed by atoms with E-state index < -0.39 is 0 Å². The molecule has 0 spiro atoms. The zero-order valence-electron chi connectivity index (χ0n) is 12.1. The van der Waals surface area contributed by atoms with E-state index in [-0.39, 0.29) is 11.8 Å². The molecule has 0 aliphatic rings. The van der Waals surface area contributed by atoms with Crippen LogP contribution in [0.15, 0.2) is 30.5 Å². The number of halogens is 1. The summed E-state index contributed by atoms with van der Waals surface area (Å²) in [6.07, 6.45) is 1.70. The first-order chi connectivity index (χ1) is 10.0. The molecule has 0 fully saturated rings. The number of aryl methyl sites for hydroxylation is 1. The Hall–Kier alpha value is -1.85. The standard InChI is InChI=1S/C15H19ClN4O/c1-10(7-17)8-18-15(21)12-9-20(2)19-14(12)11-5-3-4-6-13(11)16/h3-6,9-10H,7-8,17H2,1-2H3,(H,18,21). The molecule has 1 atom stereocenters. The van der Waals surface area contributed by atoms with Gasteiger partial charge in [-0.1, -0.05) is 36.7 Å². The Labute approximate surface area is 129 Å². The van der Waals surface area contributed by atoms with E-state index in [2.05, 4.69) is 10.4 Å². The highest BCUT2D eigenvalue weighted by Gasteiger charge is 2.18. The minimum absolute atomic E-state index is 0.168. The van der Waals surface area contributed by atoms with E-state index in [4.69, 9.17) is 17.3 Å². The van der Waals surface area contributed by atoms with Crippen molar-refractivity contribution in [3.8, 4) is 11.3 Å². The van der Waals surface area contributed by atoms with Crippen molar-refractivity contribution < 1.29 is 4.79 Å². The van der Waals surface area contributed by atoms with Crippen LogP contribution in [-0.2, 0) is 7.05 Å². The average molecular weight is 307 g/mol. The Morgan fingerprint density at radius 1 is 1.48 bits per heavy atom. The highest BCUT2D eigenvalue weighted by molar-refractivity contribution is 6.33. The Kier molecular flexibility index (Phi) is 4.98. The minimum Gasteiger partial charge on any atom is -0.352 e. The smallest absolute Gasteiger partial charge is 0.255 e. The van der Waals surface area contributed by atoms with Crippen LogP contribution >= 0.6 is 11.6 Å². The van der Waals surface area contributed by atoms with Gasteiger partial charge in [0.1, 0.15) is 5.69 Å². The summed E-state index contributed by atoms with van der Waals surface area (Å²) < 4.78 is 1.61. The molecular weight excluding hydrogens is 288 g/mol. The summed E-state index contributed by atoms with van der Waals surface area (Å²) in [5.74, 6) is 0.0627. The number of nitrogens with zero attached hydrogens (tertiary/aromatic N) is 2. The SMILES string of the molecule is CC(CN)CNC(=O)c1cn(C)nc1-c1ccccc1Cl. The second-order valence-corrected chi connectivity index (χ2v) is 5.50. The molecule has 21 heavy (non-hydrogen) atoms. The quantitative estimate of drug-likeness (QED) is 0.888. The van der Waals surface area contributed by atoms with Gasteiger partial charge in [0.25, 0.3) is 5.91 Å². The molecule has 1 amide bonds. The molecule has 112 valence electrons. The highest BCUT2D eigenvalue weighted by Crippen LogP contribution is 2.28. The van der Waals surface area contributed by atoms with Gasteiger partial charge in [-0.25, -0.2) is 0 Å². The van der Waals surface area contributed by atoms with E-state index >= 15 is 0 Å². The number of nitrogens with two attached hydrogens (primary N) is 1. The van der Waals surface area contributed by atoms with E-state index in [0.717, 1.165) is 5.56 Å². The summed E-state index contributed by atoms with van der Waals surface area (Å²) in [6, 6.07) is 7.35. The van der Waals surface area contributed by atoms with Gasteiger partial charge in [0, 0.05) is 25.4 Å². The van der Waals surface area contributed by atoms with E-state index in [1.54, 1.807) is 24.0 Å². The first kappa shape index (κ1) is 15.5. The Bertz CT molecular complexity index is 638. The molecule has 1 heterocycles. The second kappa shape index (κ2) is 6.74. The second-order valence-electron chi connectivity index (χ2n) is 5.10. The first-order valence-electron chi connectivity index (χ1n) is 6.79. The lowest BCUT2D eigenvalue weighted by Crippen LogP contribution is -2.31. The normalized spacial score (nSPS) is 12.2. The number of hydrogen-bond donors (Lipinski definition) is 2. The maximum atomic E-state index is 12.3. The number of carbonyl (C=O) groups is 1. The first-order valence-corrected chi connectivity index (χ1v) is 7.17. The minimum atomic E-state index is -0.168. The summed E-state index contributed by atoms with van der Waals surface area (Å²) >= 11 is 6.20. The molecule has 0 aliphatic carbocycles. The van der Waals surface area contributed by atoms with Crippen molar-refractivity contribution >= 4 is 17.5 Å². The number of benzene rings is 1. The third kappa shape index (κ3) is 3.62. The number of amides is 1. The molecule has 2 rings (SSSR count). The molecule has 2 aromatic rings. The van der Waals surface area contributed by atoms with E-state index in [1.807, 2.05) is 25.1 Å². The van der Waals surface area contributed by atoms with Crippen LogP contribution in [0.2, 0.25) is 5.02 Å². The lowest BCUT2D eigenvalue weighted by molar-refractivity contribution is 0.0949. The van der Waals surface area contributed by atoms with Gasteiger partial charge in [0.15, 0.2) is 0 Å². The molecular formula is C15H19ClN4O. The number of aromatic nitrogens is 2. The Balaban J connectivity index is 2.29. The van der Waals surface area contributed by atoms with Crippen LogP contribution in [-0.4, -0.2) is 28.8 Å². The van der Waals surface area contributed by atoms with Crippen LogP contribution in [0.4, 0.5) is 0 Å². The maximum Gasteiger partial charge on any atom is 0.255 e. The number of carbonyl (C=O) groups excluding carboxylic acids is 1. The van der Waals surface area contributed by atoms with Gasteiger partial charge in [0.05, 0.1) is 10.6 Å². The fourth-order valence-corrected chi connectivity index (χ4v) is 2.18. The van der Waals surface area contributed by atoms with Gasteiger partial charge in [-0.2, -0.15) is 5.10 Å². The number of rotatable bonds is 5. The summed E-state index contributed by atoms with van der Waals surface area (Å²) in [7, 11) is 1.78. The van der Waals surface area contributed by atoms with Gasteiger partial charge < -0.3 is 11.1 Å². The molecule has 0 saturated heterocycles. The molecule has 6 heteroatoms. The van der Waals surface area contributed by atoms with Crippen molar-refractivity contribution in [3.63, 3.8) is 0 Å². The molecule has 0 bridgehead atoms. The Morgan fingerprint density at radius 3 is 2.86 bits per heavy atom. The van der Waals surface area contributed by atoms with Gasteiger partial charge in [0.2, 0.25) is 0 Å². The van der Waals surface area contributed by atoms with Crippen molar-refractivity contribution in [2.75, 3.05) is 13.1 Å². The fraction of sp³-hybridized carbons (Fsp3) is 0.333. The van der Waals surface area contributed by atoms with E-state index in [0.29, 0.717) is 29.4 Å². The number of nitrogens with one attached hydrogen (secondary N) is 1. The fourth-order valence-electron chi connectivity index (χ4n) is 1.95. The van der Waals surface area contributed by atoms with Crippen LogP contribution in [0, 0.1) is 5.92 Å². The summed E-state index contributed by atoms with van der Waals surface area (Å²) in [6.45, 7) is 3.05. The third-order valence-electron chi connectivity index (χ3n) is 3.22. The third-order valence-corrected chi connectivity index (χ3v) is 3.55. The predicted octanol–water partition coefficient (Wildman–Crippen LogP) is 2.07. The molecule has 5 nitrogen and oxygen atoms in total. The lowest BCUT2D eigenvalue weighted by atomic mass is 10.1. The monoisotopic (exact) mass is 306 g/mol. The number of hydrogen-bond acceptors (Lipinski definition) is 3. The zero-order chi connectivity index (χ0) is 15.4. The van der Waals surface area contributed by atoms with E-state index in [9.17, 15) is 4.79 Å². The van der Waals surface area contributed by atoms with Gasteiger partial charge >= 0.3 is 0 Å². The topological polar surface area (TPSA) is 72.9 Å². The predicted molar refractivity (Wildman–Crippen MR) is 84.2 cm³/mol. The van der Waals surface area contributed by atoms with Crippen molar-refractivity contribution in [1.29, 1.82) is 0 Å². The van der Waals surface area contributed by atoms with Crippen LogP contribution in [0.1, 0.15) is 17.3 Å². The molecule has 0 radical (unpaired) electrons. The van der Waals surface area contributed by atoms with E-state index in [1.165, 1.54) is 0 Å². The van der Waals surface area contributed by atoms with Crippen LogP contribution in [0.3, 0.4) is 0 Å². The molecule has 0 saturated carbocycles. The van der Waals surface area contributed by atoms with Crippen molar-refractivity contribution in [2.24, 2.45) is 18.7 Å². The molecule has 1 unspecified atom stereocenters. The average Bonchev–Trinajstić information content (AvgIpc) is 2.86. The van der Waals surface area contributed by atoms with Crippen LogP contribution in [0.5, 0.6) is 0 Å². The van der Waals surface area contributed by atoms with Crippen LogP contribution < -0.4 is 11.1 Å². The molecule has 3 N–H and O–H groups in total. The van der Waals surface area contributed by atoms with Crippen LogP contribution in [0.25, 0.3) is 11.3 Å². The largest absolute Gasteiger partial charge is 0.352 e.